The number of hydrogen-bond acceptors (Lipinski definition) is 3. The van der Waals surface area contributed by atoms with Gasteiger partial charge in [-0.15, -0.1) is 0 Å². The third-order valence-electron chi connectivity index (χ3n) is 1.56. The van der Waals surface area contributed by atoms with Gasteiger partial charge in [0.2, 0.25) is 0 Å². The molecule has 0 aromatic rings. The van der Waals surface area contributed by atoms with Crippen molar-refractivity contribution in [2.45, 2.75) is 12.8 Å². The van der Waals surface area contributed by atoms with Gasteiger partial charge in [-0.3, -0.25) is 4.90 Å². The van der Waals surface area contributed by atoms with E-state index < -0.39 is 0 Å². The molecule has 11 heavy (non-hydrogen) atoms. The van der Waals surface area contributed by atoms with E-state index in [-0.39, 0.29) is 0 Å². The minimum absolute atomic E-state index is 0.541. The van der Waals surface area contributed by atoms with Gasteiger partial charge in [-0.25, -0.2) is 0 Å². The van der Waals surface area contributed by atoms with Crippen molar-refractivity contribution in [3.05, 3.63) is 0 Å². The first-order valence-electron chi connectivity index (χ1n) is 4.01. The average Bonchev–Trinajstić information content (AvgIpc) is 1.99. The molecule has 0 bridgehead atoms. The Labute approximate surface area is 69.0 Å². The molecule has 0 aliphatic carbocycles. The summed E-state index contributed by atoms with van der Waals surface area (Å²) in [7, 11) is 3.93. The van der Waals surface area contributed by atoms with Gasteiger partial charge in [0.05, 0.1) is 12.6 Å². The minimum Gasteiger partial charge on any atom is -0.320 e. The van der Waals surface area contributed by atoms with E-state index in [1.807, 2.05) is 19.0 Å². The molecule has 0 radical (unpaired) electrons. The van der Waals surface area contributed by atoms with Gasteiger partial charge in [0.15, 0.2) is 0 Å². The molecular weight excluding hydrogens is 138 g/mol. The number of nitriles is 1. The van der Waals surface area contributed by atoms with Crippen LogP contribution in [0.2, 0.25) is 0 Å². The molecule has 0 heterocycles. The topological polar surface area (TPSA) is 39.1 Å². The zero-order valence-corrected chi connectivity index (χ0v) is 7.43. The summed E-state index contributed by atoms with van der Waals surface area (Å²) in [6, 6.07) is 2.12. The lowest BCUT2D eigenvalue weighted by Crippen LogP contribution is -2.20. The first-order valence-corrected chi connectivity index (χ1v) is 4.01. The first kappa shape index (κ1) is 10.4. The number of nitrogens with zero attached hydrogens (tertiary/aromatic N) is 2. The molecule has 0 aromatic carbocycles. The molecule has 0 unspecified atom stereocenters. The minimum atomic E-state index is 0.541. The third kappa shape index (κ3) is 7.31. The highest BCUT2D eigenvalue weighted by Gasteiger charge is 1.94. The van der Waals surface area contributed by atoms with Crippen LogP contribution in [0.3, 0.4) is 0 Å². The van der Waals surface area contributed by atoms with Gasteiger partial charge in [-0.2, -0.15) is 5.26 Å². The van der Waals surface area contributed by atoms with E-state index in [4.69, 9.17) is 5.26 Å². The molecule has 64 valence electrons. The summed E-state index contributed by atoms with van der Waals surface area (Å²) in [5.74, 6) is 0. The predicted octanol–water partition coefficient (Wildman–Crippen LogP) is 0.441. The molecule has 0 amide bonds. The van der Waals surface area contributed by atoms with Crippen LogP contribution in [0, 0.1) is 11.3 Å². The van der Waals surface area contributed by atoms with Crippen LogP contribution >= 0.6 is 0 Å². The van der Waals surface area contributed by atoms with E-state index >= 15 is 0 Å². The zero-order valence-electron chi connectivity index (χ0n) is 7.43. The number of rotatable bonds is 6. The van der Waals surface area contributed by atoms with E-state index in [1.165, 1.54) is 12.8 Å². The van der Waals surface area contributed by atoms with Crippen LogP contribution < -0.4 is 5.32 Å². The van der Waals surface area contributed by atoms with Gasteiger partial charge in [0, 0.05) is 0 Å². The van der Waals surface area contributed by atoms with Crippen LogP contribution in [0.1, 0.15) is 12.8 Å². The van der Waals surface area contributed by atoms with E-state index in [9.17, 15) is 0 Å². The predicted molar refractivity (Wildman–Crippen MR) is 46.3 cm³/mol. The van der Waals surface area contributed by atoms with Gasteiger partial charge >= 0.3 is 0 Å². The second-order valence-corrected chi connectivity index (χ2v) is 2.71. The molecule has 1 N–H and O–H groups in total. The summed E-state index contributed by atoms with van der Waals surface area (Å²) in [4.78, 5) is 2.04. The monoisotopic (exact) mass is 155 g/mol. The Morgan fingerprint density at radius 1 is 1.45 bits per heavy atom. The highest BCUT2D eigenvalue weighted by molar-refractivity contribution is 4.73. The molecule has 0 aromatic heterocycles. The lowest BCUT2D eigenvalue weighted by Gasteiger charge is -2.11. The summed E-state index contributed by atoms with van der Waals surface area (Å²) in [6.07, 6.45) is 2.35. The summed E-state index contributed by atoms with van der Waals surface area (Å²) in [5.41, 5.74) is 0. The molecule has 0 saturated carbocycles. The SMILES string of the molecule is CNCCCCN(C)CC#N. The molecular formula is C8H17N3. The summed E-state index contributed by atoms with van der Waals surface area (Å²) < 4.78 is 0. The number of hydrogen-bond donors (Lipinski definition) is 1. The van der Waals surface area contributed by atoms with Crippen LogP contribution in [-0.2, 0) is 0 Å². The normalized spacial score (nSPS) is 10.0. The Hall–Kier alpha value is -0.590. The molecule has 3 heteroatoms. The van der Waals surface area contributed by atoms with Crippen molar-refractivity contribution in [3.63, 3.8) is 0 Å². The average molecular weight is 155 g/mol. The maximum atomic E-state index is 8.34. The first-order chi connectivity index (χ1) is 5.31. The fourth-order valence-electron chi connectivity index (χ4n) is 0.883. The second-order valence-electron chi connectivity index (χ2n) is 2.71. The Kier molecular flexibility index (Phi) is 7.11. The molecule has 0 saturated heterocycles. The fourth-order valence-corrected chi connectivity index (χ4v) is 0.883. The van der Waals surface area contributed by atoms with Crippen molar-refractivity contribution in [1.82, 2.24) is 10.2 Å². The summed E-state index contributed by atoms with van der Waals surface area (Å²) in [6.45, 7) is 2.63. The lowest BCUT2D eigenvalue weighted by molar-refractivity contribution is 0.362. The quantitative estimate of drug-likeness (QED) is 0.447. The number of unbranched alkanes of at least 4 members (excludes halogenated alkanes) is 1. The van der Waals surface area contributed by atoms with Gasteiger partial charge in [-0.1, -0.05) is 0 Å². The Balaban J connectivity index is 3.05. The standard InChI is InChI=1S/C8H17N3/c1-10-6-3-4-7-11(2)8-5-9/h10H,3-4,6-8H2,1-2H3. The number of nitrogens with one attached hydrogen (secondary N) is 1. The highest BCUT2D eigenvalue weighted by atomic mass is 15.1. The molecule has 0 rings (SSSR count). The van der Waals surface area contributed by atoms with Crippen LogP contribution in [0.4, 0.5) is 0 Å². The molecule has 0 atom stereocenters. The summed E-state index contributed by atoms with van der Waals surface area (Å²) in [5, 5.41) is 11.4. The third-order valence-corrected chi connectivity index (χ3v) is 1.56. The maximum absolute atomic E-state index is 8.34. The van der Waals surface area contributed by atoms with Crippen LogP contribution in [0.15, 0.2) is 0 Å². The van der Waals surface area contributed by atoms with Gasteiger partial charge < -0.3 is 5.32 Å². The molecule has 0 aliphatic heterocycles. The molecule has 0 aliphatic rings. The Morgan fingerprint density at radius 3 is 2.73 bits per heavy atom. The van der Waals surface area contributed by atoms with Crippen molar-refractivity contribution < 1.29 is 0 Å². The van der Waals surface area contributed by atoms with E-state index in [1.54, 1.807) is 0 Å². The van der Waals surface area contributed by atoms with Crippen molar-refractivity contribution in [2.75, 3.05) is 33.7 Å². The van der Waals surface area contributed by atoms with E-state index in [0.29, 0.717) is 6.54 Å². The molecule has 0 spiro atoms. The molecule has 3 nitrogen and oxygen atoms in total. The Bertz CT molecular complexity index is 117. The zero-order chi connectivity index (χ0) is 8.53. The van der Waals surface area contributed by atoms with Crippen molar-refractivity contribution in [1.29, 1.82) is 5.26 Å². The van der Waals surface area contributed by atoms with Crippen LogP contribution in [0.25, 0.3) is 0 Å². The second kappa shape index (κ2) is 7.52. The highest BCUT2D eigenvalue weighted by Crippen LogP contribution is 1.90. The van der Waals surface area contributed by atoms with Crippen molar-refractivity contribution >= 4 is 0 Å². The van der Waals surface area contributed by atoms with Crippen LogP contribution in [-0.4, -0.2) is 38.6 Å². The van der Waals surface area contributed by atoms with Crippen molar-refractivity contribution in [3.8, 4) is 6.07 Å². The fraction of sp³-hybridized carbons (Fsp3) is 0.875. The van der Waals surface area contributed by atoms with Crippen LogP contribution in [0.5, 0.6) is 0 Å². The summed E-state index contributed by atoms with van der Waals surface area (Å²) >= 11 is 0. The van der Waals surface area contributed by atoms with E-state index in [2.05, 4.69) is 11.4 Å². The van der Waals surface area contributed by atoms with Gasteiger partial charge in [-0.05, 0) is 40.0 Å². The Morgan fingerprint density at radius 2 is 2.18 bits per heavy atom. The van der Waals surface area contributed by atoms with Gasteiger partial charge in [0.25, 0.3) is 0 Å². The lowest BCUT2D eigenvalue weighted by atomic mass is 10.3. The van der Waals surface area contributed by atoms with Gasteiger partial charge in [0.1, 0.15) is 0 Å². The largest absolute Gasteiger partial charge is 0.320 e. The van der Waals surface area contributed by atoms with E-state index in [0.717, 1.165) is 13.1 Å². The van der Waals surface area contributed by atoms with Crippen molar-refractivity contribution in [2.24, 2.45) is 0 Å². The smallest absolute Gasteiger partial charge is 0.0863 e. The maximum Gasteiger partial charge on any atom is 0.0863 e. The molecule has 0 fully saturated rings.